The fourth-order valence-corrected chi connectivity index (χ4v) is 2.00. The molecule has 0 saturated carbocycles. The second-order valence-electron chi connectivity index (χ2n) is 4.18. The van der Waals surface area contributed by atoms with E-state index in [-0.39, 0.29) is 5.91 Å². The molecule has 0 aliphatic heterocycles. The summed E-state index contributed by atoms with van der Waals surface area (Å²) in [4.78, 5) is 14.2. The van der Waals surface area contributed by atoms with E-state index in [0.717, 1.165) is 11.4 Å². The Morgan fingerprint density at radius 1 is 1.33 bits per heavy atom. The summed E-state index contributed by atoms with van der Waals surface area (Å²) in [5.41, 5.74) is 2.37. The van der Waals surface area contributed by atoms with Gasteiger partial charge in [-0.3, -0.25) is 9.48 Å². The van der Waals surface area contributed by atoms with Crippen LogP contribution >= 0.6 is 0 Å². The van der Waals surface area contributed by atoms with E-state index < -0.39 is 0 Å². The fraction of sp³-hybridized carbons (Fsp3) is 0.286. The number of hydrogen-bond acceptors (Lipinski definition) is 2. The van der Waals surface area contributed by atoms with Gasteiger partial charge in [0.25, 0.3) is 5.91 Å². The minimum atomic E-state index is -0.0215. The van der Waals surface area contributed by atoms with E-state index in [2.05, 4.69) is 5.10 Å². The molecule has 2 aromatic rings. The molecule has 1 amide bonds. The van der Waals surface area contributed by atoms with Gasteiger partial charge in [-0.15, -0.1) is 0 Å². The van der Waals surface area contributed by atoms with Crippen molar-refractivity contribution in [1.82, 2.24) is 9.78 Å². The first-order valence-corrected chi connectivity index (χ1v) is 6.01. The molecule has 0 unspecified atom stereocenters. The summed E-state index contributed by atoms with van der Waals surface area (Å²) >= 11 is 0. The molecule has 0 aliphatic rings. The van der Waals surface area contributed by atoms with E-state index in [4.69, 9.17) is 0 Å². The van der Waals surface area contributed by atoms with Crippen LogP contribution in [0.15, 0.2) is 36.4 Å². The molecule has 0 fully saturated rings. The molecular formula is C14H17N3O. The molecule has 1 aromatic carbocycles. The minimum absolute atomic E-state index is 0.0215. The minimum Gasteiger partial charge on any atom is -0.307 e. The lowest BCUT2D eigenvalue weighted by atomic mass is 10.2. The summed E-state index contributed by atoms with van der Waals surface area (Å²) in [5.74, 6) is -0.0215. The van der Waals surface area contributed by atoms with Crippen molar-refractivity contribution in [2.45, 2.75) is 13.8 Å². The summed E-state index contributed by atoms with van der Waals surface area (Å²) in [7, 11) is 1.79. The third kappa shape index (κ3) is 2.27. The van der Waals surface area contributed by atoms with Crippen LogP contribution in [-0.2, 0) is 7.05 Å². The number of benzene rings is 1. The van der Waals surface area contributed by atoms with Gasteiger partial charge >= 0.3 is 0 Å². The van der Waals surface area contributed by atoms with Crippen LogP contribution in [0.25, 0.3) is 0 Å². The molecule has 4 nitrogen and oxygen atoms in total. The molecule has 0 N–H and O–H groups in total. The zero-order valence-electron chi connectivity index (χ0n) is 10.9. The number of amides is 1. The zero-order valence-corrected chi connectivity index (χ0v) is 10.9. The van der Waals surface area contributed by atoms with E-state index in [1.165, 1.54) is 0 Å². The van der Waals surface area contributed by atoms with Gasteiger partial charge in [0.1, 0.15) is 5.69 Å². The Labute approximate surface area is 107 Å². The second-order valence-corrected chi connectivity index (χ2v) is 4.18. The molecule has 94 valence electrons. The van der Waals surface area contributed by atoms with E-state index >= 15 is 0 Å². The SMILES string of the molecule is CCN(C(=O)c1cc(C)nn1C)c1ccccc1. The molecule has 1 aromatic heterocycles. The van der Waals surface area contributed by atoms with Crippen molar-refractivity contribution in [2.24, 2.45) is 7.05 Å². The van der Waals surface area contributed by atoms with Crippen molar-refractivity contribution in [3.05, 3.63) is 47.8 Å². The van der Waals surface area contributed by atoms with Gasteiger partial charge in [0.05, 0.1) is 5.69 Å². The summed E-state index contributed by atoms with van der Waals surface area (Å²) in [6, 6.07) is 11.5. The molecule has 0 spiro atoms. The van der Waals surface area contributed by atoms with Crippen molar-refractivity contribution in [1.29, 1.82) is 0 Å². The van der Waals surface area contributed by atoms with E-state index in [9.17, 15) is 4.79 Å². The molecule has 0 saturated heterocycles. The van der Waals surface area contributed by atoms with Crippen molar-refractivity contribution in [3.63, 3.8) is 0 Å². The molecule has 4 heteroatoms. The molecule has 0 bridgehead atoms. The van der Waals surface area contributed by atoms with Crippen molar-refractivity contribution < 1.29 is 4.79 Å². The van der Waals surface area contributed by atoms with Gasteiger partial charge < -0.3 is 4.90 Å². The zero-order chi connectivity index (χ0) is 13.1. The maximum atomic E-state index is 12.5. The third-order valence-electron chi connectivity index (χ3n) is 2.85. The fourth-order valence-electron chi connectivity index (χ4n) is 2.00. The smallest absolute Gasteiger partial charge is 0.276 e. The predicted octanol–water partition coefficient (Wildman–Crippen LogP) is 2.40. The monoisotopic (exact) mass is 243 g/mol. The highest BCUT2D eigenvalue weighted by molar-refractivity contribution is 6.04. The Morgan fingerprint density at radius 3 is 2.50 bits per heavy atom. The van der Waals surface area contributed by atoms with Gasteiger partial charge in [-0.2, -0.15) is 5.10 Å². The highest BCUT2D eigenvalue weighted by Crippen LogP contribution is 2.16. The molecule has 0 radical (unpaired) electrons. The lowest BCUT2D eigenvalue weighted by Gasteiger charge is -2.20. The Kier molecular flexibility index (Phi) is 3.46. The van der Waals surface area contributed by atoms with Crippen LogP contribution in [0.3, 0.4) is 0 Å². The molecule has 0 aliphatic carbocycles. The number of nitrogens with zero attached hydrogens (tertiary/aromatic N) is 3. The number of carbonyl (C=O) groups is 1. The van der Waals surface area contributed by atoms with Gasteiger partial charge in [-0.05, 0) is 32.0 Å². The number of aromatic nitrogens is 2. The topological polar surface area (TPSA) is 38.1 Å². The van der Waals surface area contributed by atoms with Gasteiger partial charge in [0.2, 0.25) is 0 Å². The molecule has 1 heterocycles. The quantitative estimate of drug-likeness (QED) is 0.830. The number of para-hydroxylation sites is 1. The first-order valence-electron chi connectivity index (χ1n) is 6.01. The summed E-state index contributed by atoms with van der Waals surface area (Å²) in [6.45, 7) is 4.48. The second kappa shape index (κ2) is 5.04. The highest BCUT2D eigenvalue weighted by Gasteiger charge is 2.19. The Morgan fingerprint density at radius 2 is 2.00 bits per heavy atom. The van der Waals surface area contributed by atoms with Crippen molar-refractivity contribution in [2.75, 3.05) is 11.4 Å². The largest absolute Gasteiger partial charge is 0.307 e. The van der Waals surface area contributed by atoms with E-state index in [1.807, 2.05) is 50.2 Å². The Bertz CT molecular complexity index is 545. The predicted molar refractivity (Wildman–Crippen MR) is 71.7 cm³/mol. The van der Waals surface area contributed by atoms with Crippen LogP contribution < -0.4 is 4.90 Å². The van der Waals surface area contributed by atoms with Crippen LogP contribution in [-0.4, -0.2) is 22.2 Å². The lowest BCUT2D eigenvalue weighted by Crippen LogP contribution is -2.32. The molecule has 18 heavy (non-hydrogen) atoms. The van der Waals surface area contributed by atoms with Crippen molar-refractivity contribution in [3.8, 4) is 0 Å². The van der Waals surface area contributed by atoms with Gasteiger partial charge in [0, 0.05) is 19.3 Å². The van der Waals surface area contributed by atoms with Gasteiger partial charge in [-0.1, -0.05) is 18.2 Å². The summed E-state index contributed by atoms with van der Waals surface area (Å²) in [6.07, 6.45) is 0. The van der Waals surface area contributed by atoms with Crippen LogP contribution in [0, 0.1) is 6.92 Å². The third-order valence-corrected chi connectivity index (χ3v) is 2.85. The number of carbonyl (C=O) groups excluding carboxylic acids is 1. The van der Waals surface area contributed by atoms with E-state index in [0.29, 0.717) is 12.2 Å². The van der Waals surface area contributed by atoms with Gasteiger partial charge in [-0.25, -0.2) is 0 Å². The van der Waals surface area contributed by atoms with Crippen LogP contribution in [0.4, 0.5) is 5.69 Å². The van der Waals surface area contributed by atoms with Crippen molar-refractivity contribution >= 4 is 11.6 Å². The van der Waals surface area contributed by atoms with Crippen LogP contribution in [0.2, 0.25) is 0 Å². The van der Waals surface area contributed by atoms with E-state index in [1.54, 1.807) is 16.6 Å². The number of aryl methyl sites for hydroxylation is 2. The normalized spacial score (nSPS) is 10.4. The summed E-state index contributed by atoms with van der Waals surface area (Å²) in [5, 5.41) is 4.21. The van der Waals surface area contributed by atoms with Gasteiger partial charge in [0.15, 0.2) is 0 Å². The first kappa shape index (κ1) is 12.4. The molecule has 2 rings (SSSR count). The Hall–Kier alpha value is -2.10. The first-order chi connectivity index (χ1) is 8.63. The number of hydrogen-bond donors (Lipinski definition) is 0. The molecule has 0 atom stereocenters. The number of anilines is 1. The average Bonchev–Trinajstić information content (AvgIpc) is 2.70. The maximum absolute atomic E-state index is 12.5. The standard InChI is InChI=1S/C14H17N3O/c1-4-17(12-8-6-5-7-9-12)14(18)13-10-11(2)15-16(13)3/h5-10H,4H2,1-3H3. The van der Waals surface area contributed by atoms with Crippen LogP contribution in [0.5, 0.6) is 0 Å². The lowest BCUT2D eigenvalue weighted by molar-refractivity contribution is 0.0979. The number of rotatable bonds is 3. The molecular weight excluding hydrogens is 226 g/mol. The van der Waals surface area contributed by atoms with Crippen LogP contribution in [0.1, 0.15) is 23.1 Å². The Balaban J connectivity index is 2.34. The summed E-state index contributed by atoms with van der Waals surface area (Å²) < 4.78 is 1.63. The highest BCUT2D eigenvalue weighted by atomic mass is 16.2. The maximum Gasteiger partial charge on any atom is 0.276 e. The average molecular weight is 243 g/mol.